The summed E-state index contributed by atoms with van der Waals surface area (Å²) in [6, 6.07) is 4.84. The predicted molar refractivity (Wildman–Crippen MR) is 58.6 cm³/mol. The molecule has 3 aliphatic heterocycles. The van der Waals surface area contributed by atoms with Crippen molar-refractivity contribution in [3.05, 3.63) is 23.3 Å². The minimum atomic E-state index is 0.366. The van der Waals surface area contributed by atoms with E-state index in [1.165, 1.54) is 11.1 Å². The molecule has 4 heteroatoms. The maximum atomic E-state index is 5.44. The quantitative estimate of drug-likeness (QED) is 0.700. The summed E-state index contributed by atoms with van der Waals surface area (Å²) in [4.78, 5) is 2.52. The van der Waals surface area contributed by atoms with Gasteiger partial charge in [-0.25, -0.2) is 0 Å². The number of hydrogen-bond acceptors (Lipinski definition) is 4. The zero-order chi connectivity index (χ0) is 10.5. The summed E-state index contributed by atoms with van der Waals surface area (Å²) in [5.74, 6) is 1.82. The smallest absolute Gasteiger partial charge is 0.231 e. The first kappa shape index (κ1) is 8.84. The fourth-order valence-electron chi connectivity index (χ4n) is 2.91. The Morgan fingerprint density at radius 2 is 2.12 bits per heavy atom. The van der Waals surface area contributed by atoms with Gasteiger partial charge in [-0.2, -0.15) is 0 Å². The van der Waals surface area contributed by atoms with Gasteiger partial charge in [0.25, 0.3) is 0 Å². The molecule has 1 unspecified atom stereocenters. The van der Waals surface area contributed by atoms with Crippen molar-refractivity contribution in [3.8, 4) is 11.5 Å². The Kier molecular flexibility index (Phi) is 1.72. The molecule has 1 atom stereocenters. The van der Waals surface area contributed by atoms with Crippen LogP contribution in [-0.4, -0.2) is 31.3 Å². The van der Waals surface area contributed by atoms with Crippen LogP contribution in [0.15, 0.2) is 12.1 Å². The Hall–Kier alpha value is -1.26. The summed E-state index contributed by atoms with van der Waals surface area (Å²) in [5, 5.41) is 3.45. The van der Waals surface area contributed by atoms with Crippen molar-refractivity contribution >= 4 is 0 Å². The van der Waals surface area contributed by atoms with Crippen molar-refractivity contribution in [3.63, 3.8) is 0 Å². The maximum absolute atomic E-state index is 5.44. The lowest BCUT2D eigenvalue weighted by atomic mass is 10.0. The molecule has 16 heavy (non-hydrogen) atoms. The van der Waals surface area contributed by atoms with Crippen LogP contribution in [0.1, 0.15) is 17.2 Å². The Morgan fingerprint density at radius 3 is 3.06 bits per heavy atom. The van der Waals surface area contributed by atoms with Crippen molar-refractivity contribution < 1.29 is 9.47 Å². The molecule has 0 amide bonds. The topological polar surface area (TPSA) is 33.7 Å². The second-order valence-corrected chi connectivity index (χ2v) is 4.59. The molecule has 3 heterocycles. The summed E-state index contributed by atoms with van der Waals surface area (Å²) in [6.07, 6.45) is 0. The van der Waals surface area contributed by atoms with Gasteiger partial charge in [0.2, 0.25) is 6.79 Å². The van der Waals surface area contributed by atoms with E-state index in [0.29, 0.717) is 12.8 Å². The number of rotatable bonds is 0. The van der Waals surface area contributed by atoms with E-state index in [9.17, 15) is 0 Å². The van der Waals surface area contributed by atoms with Gasteiger partial charge in [0.1, 0.15) is 0 Å². The maximum Gasteiger partial charge on any atom is 0.231 e. The fraction of sp³-hybridized carbons (Fsp3) is 0.500. The summed E-state index contributed by atoms with van der Waals surface area (Å²) in [7, 11) is 0. The molecule has 1 N–H and O–H groups in total. The lowest BCUT2D eigenvalue weighted by Crippen LogP contribution is -2.42. The first-order valence-corrected chi connectivity index (χ1v) is 5.79. The molecular formula is C12H14N2O2. The Morgan fingerprint density at radius 1 is 1.25 bits per heavy atom. The van der Waals surface area contributed by atoms with E-state index in [4.69, 9.17) is 9.47 Å². The third-order valence-electron chi connectivity index (χ3n) is 3.72. The van der Waals surface area contributed by atoms with Crippen molar-refractivity contribution in [2.45, 2.75) is 12.6 Å². The second kappa shape index (κ2) is 3.12. The minimum absolute atomic E-state index is 0.366. The molecule has 0 aromatic heterocycles. The highest BCUT2D eigenvalue weighted by Crippen LogP contribution is 2.42. The highest BCUT2D eigenvalue weighted by Gasteiger charge is 2.33. The average Bonchev–Trinajstić information content (AvgIpc) is 2.88. The van der Waals surface area contributed by atoms with Gasteiger partial charge in [-0.15, -0.1) is 0 Å². The molecule has 84 valence electrons. The fourth-order valence-corrected chi connectivity index (χ4v) is 2.91. The van der Waals surface area contributed by atoms with E-state index in [1.807, 2.05) is 0 Å². The van der Waals surface area contributed by atoms with Crippen LogP contribution in [-0.2, 0) is 6.54 Å². The highest BCUT2D eigenvalue weighted by molar-refractivity contribution is 5.51. The number of nitrogens with zero attached hydrogens (tertiary/aromatic N) is 1. The molecule has 0 aliphatic carbocycles. The van der Waals surface area contributed by atoms with E-state index in [-0.39, 0.29) is 0 Å². The number of piperazine rings is 1. The molecule has 1 saturated heterocycles. The Bertz CT molecular complexity index is 447. The normalized spacial score (nSPS) is 26.6. The lowest BCUT2D eigenvalue weighted by molar-refractivity contribution is 0.170. The highest BCUT2D eigenvalue weighted by atomic mass is 16.7. The van der Waals surface area contributed by atoms with Gasteiger partial charge in [-0.3, -0.25) is 4.90 Å². The van der Waals surface area contributed by atoms with Gasteiger partial charge in [-0.05, 0) is 23.3 Å². The third-order valence-corrected chi connectivity index (χ3v) is 3.72. The van der Waals surface area contributed by atoms with E-state index in [0.717, 1.165) is 37.7 Å². The zero-order valence-corrected chi connectivity index (χ0v) is 9.03. The van der Waals surface area contributed by atoms with Crippen molar-refractivity contribution in [2.75, 3.05) is 26.4 Å². The van der Waals surface area contributed by atoms with Crippen LogP contribution in [0, 0.1) is 0 Å². The van der Waals surface area contributed by atoms with Gasteiger partial charge in [-0.1, -0.05) is 0 Å². The molecule has 4 nitrogen and oxygen atoms in total. The SMILES string of the molecule is c1c2c(cc3c1OCO3)C1CNCCN1C2. The molecule has 1 aromatic carbocycles. The largest absolute Gasteiger partial charge is 0.454 e. The number of benzene rings is 1. The third kappa shape index (κ3) is 1.11. The molecule has 0 saturated carbocycles. The van der Waals surface area contributed by atoms with E-state index >= 15 is 0 Å². The van der Waals surface area contributed by atoms with Gasteiger partial charge in [0.15, 0.2) is 11.5 Å². The number of ether oxygens (including phenoxy) is 2. The average molecular weight is 218 g/mol. The molecule has 3 aliphatic rings. The van der Waals surface area contributed by atoms with Crippen LogP contribution >= 0.6 is 0 Å². The second-order valence-electron chi connectivity index (χ2n) is 4.59. The van der Waals surface area contributed by atoms with Crippen molar-refractivity contribution in [2.24, 2.45) is 0 Å². The Balaban J connectivity index is 1.80. The summed E-state index contributed by atoms with van der Waals surface area (Å²) in [5.41, 5.74) is 2.81. The van der Waals surface area contributed by atoms with Gasteiger partial charge in [0.05, 0.1) is 0 Å². The summed E-state index contributed by atoms with van der Waals surface area (Å²) in [6.45, 7) is 4.69. The summed E-state index contributed by atoms with van der Waals surface area (Å²) < 4.78 is 10.9. The van der Waals surface area contributed by atoms with Crippen LogP contribution in [0.5, 0.6) is 11.5 Å². The van der Waals surface area contributed by atoms with Gasteiger partial charge in [0, 0.05) is 32.2 Å². The van der Waals surface area contributed by atoms with Crippen LogP contribution in [0.4, 0.5) is 0 Å². The number of nitrogens with one attached hydrogen (secondary N) is 1. The standard InChI is InChI=1S/C12H14N2O2/c1-2-14-6-8-3-11-12(16-7-15-11)4-9(8)10(14)5-13-1/h3-4,10,13H,1-2,5-7H2. The predicted octanol–water partition coefficient (Wildman–Crippen LogP) is 0.875. The molecule has 1 fully saturated rings. The molecule has 0 radical (unpaired) electrons. The minimum Gasteiger partial charge on any atom is -0.454 e. The first-order valence-electron chi connectivity index (χ1n) is 5.79. The number of hydrogen-bond donors (Lipinski definition) is 1. The number of fused-ring (bicyclic) bond motifs is 4. The van der Waals surface area contributed by atoms with Gasteiger partial charge < -0.3 is 14.8 Å². The molecular weight excluding hydrogens is 204 g/mol. The van der Waals surface area contributed by atoms with Crippen LogP contribution < -0.4 is 14.8 Å². The Labute approximate surface area is 94.1 Å². The van der Waals surface area contributed by atoms with Crippen LogP contribution in [0.3, 0.4) is 0 Å². The van der Waals surface area contributed by atoms with Crippen molar-refractivity contribution in [1.29, 1.82) is 0 Å². The molecule has 4 rings (SSSR count). The zero-order valence-electron chi connectivity index (χ0n) is 9.03. The lowest BCUT2D eigenvalue weighted by Gasteiger charge is -2.30. The molecule has 1 aromatic rings. The van der Waals surface area contributed by atoms with Gasteiger partial charge >= 0.3 is 0 Å². The van der Waals surface area contributed by atoms with Crippen LogP contribution in [0.2, 0.25) is 0 Å². The van der Waals surface area contributed by atoms with Crippen LogP contribution in [0.25, 0.3) is 0 Å². The monoisotopic (exact) mass is 218 g/mol. The summed E-state index contributed by atoms with van der Waals surface area (Å²) >= 11 is 0. The molecule has 0 bridgehead atoms. The van der Waals surface area contributed by atoms with E-state index in [2.05, 4.69) is 22.3 Å². The van der Waals surface area contributed by atoms with E-state index in [1.54, 1.807) is 0 Å². The first-order chi connectivity index (χ1) is 7.92. The van der Waals surface area contributed by atoms with Crippen molar-refractivity contribution in [1.82, 2.24) is 10.2 Å². The van der Waals surface area contributed by atoms with E-state index < -0.39 is 0 Å². The molecule has 0 spiro atoms.